The van der Waals surface area contributed by atoms with E-state index in [1.165, 1.54) is 9.40 Å². The SMILES string of the molecule is O=c1c2ccccc2c2c1sc1c3sc4c(=O)c5ccccc5c4c3sc12. The van der Waals surface area contributed by atoms with E-state index in [9.17, 15) is 9.59 Å². The molecule has 7 rings (SSSR count). The first-order chi connectivity index (χ1) is 13.2. The number of benzene rings is 2. The van der Waals surface area contributed by atoms with Crippen LogP contribution >= 0.6 is 34.0 Å². The van der Waals surface area contributed by atoms with Crippen LogP contribution in [-0.2, 0) is 0 Å². The predicted molar refractivity (Wildman–Crippen MR) is 120 cm³/mol. The fourth-order valence-corrected chi connectivity index (χ4v) is 8.73. The summed E-state index contributed by atoms with van der Waals surface area (Å²) in [6, 6.07) is 15.8. The summed E-state index contributed by atoms with van der Waals surface area (Å²) < 4.78 is 6.39. The van der Waals surface area contributed by atoms with E-state index in [2.05, 4.69) is 0 Å². The van der Waals surface area contributed by atoms with E-state index in [4.69, 9.17) is 0 Å². The zero-order chi connectivity index (χ0) is 17.9. The van der Waals surface area contributed by atoms with Crippen LogP contribution in [0.1, 0.15) is 0 Å². The molecule has 0 spiro atoms. The van der Waals surface area contributed by atoms with E-state index >= 15 is 0 Å². The molecule has 0 atom stereocenters. The van der Waals surface area contributed by atoms with E-state index in [1.54, 1.807) is 34.0 Å². The Morgan fingerprint density at radius 1 is 0.444 bits per heavy atom. The molecular formula is C22H8O2S3. The second-order valence-corrected chi connectivity index (χ2v) is 9.84. The van der Waals surface area contributed by atoms with Crippen molar-refractivity contribution in [1.82, 2.24) is 0 Å². The van der Waals surface area contributed by atoms with Gasteiger partial charge in [-0.05, 0) is 10.8 Å². The number of thiophene rings is 3. The van der Waals surface area contributed by atoms with Crippen LogP contribution in [-0.4, -0.2) is 0 Å². The maximum absolute atomic E-state index is 12.8. The van der Waals surface area contributed by atoms with Crippen LogP contribution in [0.15, 0.2) is 58.1 Å². The van der Waals surface area contributed by atoms with Gasteiger partial charge in [-0.15, -0.1) is 34.0 Å². The molecule has 2 nitrogen and oxygen atoms in total. The topological polar surface area (TPSA) is 34.1 Å². The van der Waals surface area contributed by atoms with Gasteiger partial charge >= 0.3 is 0 Å². The molecule has 3 heterocycles. The monoisotopic (exact) mass is 400 g/mol. The van der Waals surface area contributed by atoms with Crippen LogP contribution in [0, 0.1) is 0 Å². The van der Waals surface area contributed by atoms with Gasteiger partial charge in [-0.25, -0.2) is 0 Å². The van der Waals surface area contributed by atoms with E-state index in [0.717, 1.165) is 51.1 Å². The van der Waals surface area contributed by atoms with Crippen molar-refractivity contribution in [1.29, 1.82) is 0 Å². The van der Waals surface area contributed by atoms with Crippen LogP contribution in [0.25, 0.3) is 60.5 Å². The minimum atomic E-state index is 0.132. The van der Waals surface area contributed by atoms with Gasteiger partial charge in [0.25, 0.3) is 0 Å². The number of hydrogen-bond donors (Lipinski definition) is 0. The zero-order valence-corrected chi connectivity index (χ0v) is 16.1. The van der Waals surface area contributed by atoms with Gasteiger partial charge in [0.05, 0.1) is 28.2 Å². The first-order valence-electron chi connectivity index (χ1n) is 8.54. The standard InChI is InChI=1S/C22H8O2S3/c23-15-11-7-3-1-5-9(11)13-17(15)25-21-19(13)27-20-14-10-6-2-4-8-12(10)16(24)18(14)26-22(20)21/h1-8H. The van der Waals surface area contributed by atoms with Crippen molar-refractivity contribution in [2.45, 2.75) is 0 Å². The predicted octanol–water partition coefficient (Wildman–Crippen LogP) is 6.39. The molecule has 0 aliphatic heterocycles. The Bertz CT molecular complexity index is 1680. The first kappa shape index (κ1) is 14.5. The first-order valence-corrected chi connectivity index (χ1v) is 11.0. The van der Waals surface area contributed by atoms with Gasteiger partial charge < -0.3 is 0 Å². The Hall–Kier alpha value is -2.60. The van der Waals surface area contributed by atoms with Crippen LogP contribution in [0.5, 0.6) is 0 Å². The molecule has 7 aromatic rings. The molecule has 0 aliphatic rings. The number of fused-ring (bicyclic) bond motifs is 11. The van der Waals surface area contributed by atoms with E-state index in [-0.39, 0.29) is 10.9 Å². The molecule has 4 aromatic carbocycles. The summed E-state index contributed by atoms with van der Waals surface area (Å²) in [5.41, 5.74) is 0.264. The molecule has 3 aromatic heterocycles. The molecule has 0 unspecified atom stereocenters. The van der Waals surface area contributed by atoms with Crippen molar-refractivity contribution in [3.8, 4) is 0 Å². The molecule has 0 radical (unpaired) electrons. The fourth-order valence-electron chi connectivity index (χ4n) is 4.28. The van der Waals surface area contributed by atoms with Crippen molar-refractivity contribution in [3.63, 3.8) is 0 Å². The Kier molecular flexibility index (Phi) is 2.47. The molecule has 0 N–H and O–H groups in total. The zero-order valence-electron chi connectivity index (χ0n) is 13.7. The summed E-state index contributed by atoms with van der Waals surface area (Å²) in [6.07, 6.45) is 0. The molecule has 27 heavy (non-hydrogen) atoms. The van der Waals surface area contributed by atoms with Gasteiger partial charge in [0.1, 0.15) is 0 Å². The molecule has 0 aliphatic carbocycles. The lowest BCUT2D eigenvalue weighted by Gasteiger charge is -1.88. The molecule has 0 saturated carbocycles. The lowest BCUT2D eigenvalue weighted by atomic mass is 10.2. The van der Waals surface area contributed by atoms with Gasteiger partial charge in [0.2, 0.25) is 10.9 Å². The summed E-state index contributed by atoms with van der Waals surface area (Å²) in [4.78, 5) is 25.6. The van der Waals surface area contributed by atoms with Gasteiger partial charge in [-0.1, -0.05) is 48.5 Å². The molecule has 126 valence electrons. The fraction of sp³-hybridized carbons (Fsp3) is 0. The highest BCUT2D eigenvalue weighted by atomic mass is 32.1. The van der Waals surface area contributed by atoms with Gasteiger partial charge in [-0.3, -0.25) is 9.59 Å². The highest BCUT2D eigenvalue weighted by molar-refractivity contribution is 7.43. The molecule has 0 bridgehead atoms. The van der Waals surface area contributed by atoms with Crippen LogP contribution in [0.4, 0.5) is 0 Å². The number of hydrogen-bond acceptors (Lipinski definition) is 5. The molecule has 5 heteroatoms. The maximum Gasteiger partial charge on any atom is 0.204 e. The average molecular weight is 401 g/mol. The van der Waals surface area contributed by atoms with E-state index in [0.29, 0.717) is 0 Å². The Morgan fingerprint density at radius 2 is 0.815 bits per heavy atom. The lowest BCUT2D eigenvalue weighted by molar-refractivity contribution is 1.81. The molecule has 0 amide bonds. The number of rotatable bonds is 0. The van der Waals surface area contributed by atoms with Gasteiger partial charge in [-0.2, -0.15) is 0 Å². The average Bonchev–Trinajstić information content (AvgIpc) is 3.43. The molecular weight excluding hydrogens is 392 g/mol. The van der Waals surface area contributed by atoms with E-state index < -0.39 is 0 Å². The molecule has 0 saturated heterocycles. The summed E-state index contributed by atoms with van der Waals surface area (Å²) in [5.74, 6) is 0. The van der Waals surface area contributed by atoms with Gasteiger partial charge in [0.15, 0.2) is 0 Å². The third kappa shape index (κ3) is 1.54. The smallest absolute Gasteiger partial charge is 0.204 e. The minimum absolute atomic E-state index is 0.132. The second-order valence-electron chi connectivity index (χ2n) is 6.78. The van der Waals surface area contributed by atoms with Crippen LogP contribution in [0.2, 0.25) is 0 Å². The highest BCUT2D eigenvalue weighted by Gasteiger charge is 2.24. The van der Waals surface area contributed by atoms with Crippen molar-refractivity contribution in [3.05, 3.63) is 69.0 Å². The Balaban J connectivity index is 1.78. The Labute approximate surface area is 163 Å². The largest absolute Gasteiger partial charge is 0.288 e. The van der Waals surface area contributed by atoms with Gasteiger partial charge in [0, 0.05) is 21.5 Å². The summed E-state index contributed by atoms with van der Waals surface area (Å²) in [6.45, 7) is 0. The van der Waals surface area contributed by atoms with Crippen molar-refractivity contribution < 1.29 is 0 Å². The maximum atomic E-state index is 12.8. The third-order valence-corrected chi connectivity index (χ3v) is 9.46. The molecule has 0 fully saturated rings. The van der Waals surface area contributed by atoms with Crippen molar-refractivity contribution >= 4 is 94.5 Å². The summed E-state index contributed by atoms with van der Waals surface area (Å²) >= 11 is 4.91. The third-order valence-electron chi connectivity index (χ3n) is 5.43. The quantitative estimate of drug-likeness (QED) is 0.296. The summed E-state index contributed by atoms with van der Waals surface area (Å²) in [5, 5.41) is 5.90. The van der Waals surface area contributed by atoms with E-state index in [1.807, 2.05) is 48.5 Å². The van der Waals surface area contributed by atoms with Crippen LogP contribution in [0.3, 0.4) is 0 Å². The lowest BCUT2D eigenvalue weighted by Crippen LogP contribution is -1.90. The highest BCUT2D eigenvalue weighted by Crippen LogP contribution is 2.51. The Morgan fingerprint density at radius 3 is 1.26 bits per heavy atom. The van der Waals surface area contributed by atoms with Crippen molar-refractivity contribution in [2.24, 2.45) is 0 Å². The second kappa shape index (κ2) is 4.62. The van der Waals surface area contributed by atoms with Crippen LogP contribution < -0.4 is 10.9 Å². The normalized spacial score (nSPS) is 12.7. The minimum Gasteiger partial charge on any atom is -0.288 e. The van der Waals surface area contributed by atoms with Crippen molar-refractivity contribution in [2.75, 3.05) is 0 Å². The summed E-state index contributed by atoms with van der Waals surface area (Å²) in [7, 11) is 0.